The third kappa shape index (κ3) is 3.37. The summed E-state index contributed by atoms with van der Waals surface area (Å²) in [6.45, 7) is 3.03. The monoisotopic (exact) mass is 359 g/mol. The number of furan rings is 1. The molecule has 0 aromatic carbocycles. The molecule has 98 valence electrons. The van der Waals surface area contributed by atoms with E-state index in [0.717, 1.165) is 35.3 Å². The minimum atomic E-state index is 0.105. The van der Waals surface area contributed by atoms with Crippen LogP contribution in [0.4, 0.5) is 0 Å². The van der Waals surface area contributed by atoms with Gasteiger partial charge in [-0.1, -0.05) is 6.92 Å². The van der Waals surface area contributed by atoms with Crippen molar-refractivity contribution in [3.05, 3.63) is 27.7 Å². The first-order valence-corrected chi connectivity index (χ1v) is 7.52. The van der Waals surface area contributed by atoms with E-state index in [4.69, 9.17) is 4.42 Å². The number of hydrogen-bond acceptors (Lipinski definition) is 2. The highest BCUT2D eigenvalue weighted by Gasteiger charge is 2.23. The molecule has 0 bridgehead atoms. The van der Waals surface area contributed by atoms with Crippen LogP contribution in [0.25, 0.3) is 6.08 Å². The highest BCUT2D eigenvalue weighted by molar-refractivity contribution is 14.1. The van der Waals surface area contributed by atoms with E-state index >= 15 is 0 Å². The molecule has 0 N–H and O–H groups in total. The Balaban J connectivity index is 2.00. The predicted molar refractivity (Wildman–Crippen MR) is 80.1 cm³/mol. The Hall–Kier alpha value is -0.780. The van der Waals surface area contributed by atoms with Crippen molar-refractivity contribution in [1.82, 2.24) is 4.90 Å². The quantitative estimate of drug-likeness (QED) is 0.609. The van der Waals surface area contributed by atoms with Crippen LogP contribution < -0.4 is 0 Å². The molecule has 2 rings (SSSR count). The van der Waals surface area contributed by atoms with Crippen LogP contribution in [0, 0.1) is 3.77 Å². The summed E-state index contributed by atoms with van der Waals surface area (Å²) in [7, 11) is 0. The second-order valence-corrected chi connectivity index (χ2v) is 5.63. The summed E-state index contributed by atoms with van der Waals surface area (Å²) < 4.78 is 6.24. The molecule has 0 spiro atoms. The minimum absolute atomic E-state index is 0.105. The molecule has 0 saturated carbocycles. The molecule has 1 aromatic rings. The van der Waals surface area contributed by atoms with Gasteiger partial charge >= 0.3 is 0 Å². The van der Waals surface area contributed by atoms with E-state index in [1.807, 2.05) is 17.0 Å². The first kappa shape index (κ1) is 13.6. The van der Waals surface area contributed by atoms with Crippen molar-refractivity contribution in [1.29, 1.82) is 0 Å². The lowest BCUT2D eigenvalue weighted by molar-refractivity contribution is -0.129. The second-order valence-electron chi connectivity index (χ2n) is 4.56. The molecule has 1 atom stereocenters. The number of likely N-dealkylation sites (tertiary alicyclic amines) is 1. The molecule has 1 unspecified atom stereocenters. The highest BCUT2D eigenvalue weighted by Crippen LogP contribution is 2.20. The van der Waals surface area contributed by atoms with E-state index < -0.39 is 0 Å². The van der Waals surface area contributed by atoms with Gasteiger partial charge in [0.2, 0.25) is 5.91 Å². The number of nitrogens with zero attached hydrogens (tertiary/aromatic N) is 1. The van der Waals surface area contributed by atoms with E-state index in [2.05, 4.69) is 29.5 Å². The zero-order chi connectivity index (χ0) is 13.0. The highest BCUT2D eigenvalue weighted by atomic mass is 127. The number of amides is 1. The second kappa shape index (κ2) is 6.41. The Labute approximate surface area is 121 Å². The van der Waals surface area contributed by atoms with Crippen LogP contribution in [0.1, 0.15) is 38.4 Å². The Kier molecular flexibility index (Phi) is 4.86. The largest absolute Gasteiger partial charge is 0.451 e. The molecule has 18 heavy (non-hydrogen) atoms. The summed E-state index contributed by atoms with van der Waals surface area (Å²) in [6.07, 6.45) is 7.92. The van der Waals surface area contributed by atoms with Crippen LogP contribution in [-0.2, 0) is 4.79 Å². The van der Waals surface area contributed by atoms with Crippen LogP contribution in [0.5, 0.6) is 0 Å². The molecule has 4 heteroatoms. The summed E-state index contributed by atoms with van der Waals surface area (Å²) >= 11 is 2.11. The zero-order valence-electron chi connectivity index (χ0n) is 10.6. The molecule has 3 nitrogen and oxygen atoms in total. The molecule has 1 aromatic heterocycles. The molecule has 1 amide bonds. The van der Waals surface area contributed by atoms with Gasteiger partial charge in [-0.3, -0.25) is 4.79 Å². The van der Waals surface area contributed by atoms with Crippen molar-refractivity contribution in [2.75, 3.05) is 6.54 Å². The Morgan fingerprint density at radius 2 is 2.39 bits per heavy atom. The molecule has 2 heterocycles. The Bertz CT molecular complexity index is 439. The van der Waals surface area contributed by atoms with Gasteiger partial charge in [0, 0.05) is 18.7 Å². The number of rotatable bonds is 3. The maximum atomic E-state index is 12.1. The van der Waals surface area contributed by atoms with Gasteiger partial charge in [0.15, 0.2) is 3.77 Å². The van der Waals surface area contributed by atoms with Gasteiger partial charge in [0.1, 0.15) is 5.76 Å². The van der Waals surface area contributed by atoms with E-state index in [9.17, 15) is 4.79 Å². The first-order valence-electron chi connectivity index (χ1n) is 6.44. The van der Waals surface area contributed by atoms with Gasteiger partial charge in [-0.05, 0) is 66.5 Å². The summed E-state index contributed by atoms with van der Waals surface area (Å²) in [5, 5.41) is 0. The van der Waals surface area contributed by atoms with Crippen molar-refractivity contribution >= 4 is 34.6 Å². The van der Waals surface area contributed by atoms with Crippen LogP contribution >= 0.6 is 22.6 Å². The topological polar surface area (TPSA) is 33.5 Å². The van der Waals surface area contributed by atoms with Crippen LogP contribution in [0.2, 0.25) is 0 Å². The minimum Gasteiger partial charge on any atom is -0.451 e. The third-order valence-electron chi connectivity index (χ3n) is 3.37. The molecule has 1 aliphatic heterocycles. The smallest absolute Gasteiger partial charge is 0.246 e. The van der Waals surface area contributed by atoms with Crippen LogP contribution in [0.15, 0.2) is 22.6 Å². The normalized spacial score (nSPS) is 20.6. The fraction of sp³-hybridized carbons (Fsp3) is 0.500. The van der Waals surface area contributed by atoms with E-state index in [1.54, 1.807) is 12.2 Å². The van der Waals surface area contributed by atoms with Crippen LogP contribution in [0.3, 0.4) is 0 Å². The van der Waals surface area contributed by atoms with Crippen molar-refractivity contribution in [2.24, 2.45) is 0 Å². The number of piperidine rings is 1. The van der Waals surface area contributed by atoms with E-state index in [-0.39, 0.29) is 5.91 Å². The Morgan fingerprint density at radius 1 is 1.56 bits per heavy atom. The first-order chi connectivity index (χ1) is 8.70. The van der Waals surface area contributed by atoms with Gasteiger partial charge < -0.3 is 9.32 Å². The standard InChI is InChI=1S/C14H18INO2/c1-2-11-5-3-4-10-16(11)14(17)9-7-12-6-8-13(15)18-12/h6-9,11H,2-5,10H2,1H3/b9-7+. The number of halogens is 1. The molecule has 1 fully saturated rings. The lowest BCUT2D eigenvalue weighted by atomic mass is 10.00. The molecule has 1 saturated heterocycles. The van der Waals surface area contributed by atoms with Gasteiger partial charge in [0.25, 0.3) is 0 Å². The number of carbonyl (C=O) groups excluding carboxylic acids is 1. The summed E-state index contributed by atoms with van der Waals surface area (Å²) in [5.74, 6) is 0.839. The molecule has 0 radical (unpaired) electrons. The van der Waals surface area contributed by atoms with Crippen molar-refractivity contribution < 1.29 is 9.21 Å². The van der Waals surface area contributed by atoms with E-state index in [0.29, 0.717) is 6.04 Å². The maximum absolute atomic E-state index is 12.1. The summed E-state index contributed by atoms with van der Waals surface area (Å²) in [5.41, 5.74) is 0. The third-order valence-corrected chi connectivity index (χ3v) is 3.95. The van der Waals surface area contributed by atoms with Gasteiger partial charge in [-0.25, -0.2) is 0 Å². The maximum Gasteiger partial charge on any atom is 0.246 e. The fourth-order valence-corrected chi connectivity index (χ4v) is 2.82. The summed E-state index contributed by atoms with van der Waals surface area (Å²) in [4.78, 5) is 14.1. The molecular formula is C14H18INO2. The van der Waals surface area contributed by atoms with Gasteiger partial charge in [-0.15, -0.1) is 0 Å². The fourth-order valence-electron chi connectivity index (χ4n) is 2.38. The average Bonchev–Trinajstić information content (AvgIpc) is 2.81. The summed E-state index contributed by atoms with van der Waals surface area (Å²) in [6, 6.07) is 4.17. The van der Waals surface area contributed by atoms with Gasteiger partial charge in [0.05, 0.1) is 0 Å². The molecule has 1 aliphatic rings. The molecule has 0 aliphatic carbocycles. The van der Waals surface area contributed by atoms with Crippen molar-refractivity contribution in [2.45, 2.75) is 38.6 Å². The average molecular weight is 359 g/mol. The Morgan fingerprint density at radius 3 is 3.06 bits per heavy atom. The molecular weight excluding hydrogens is 341 g/mol. The van der Waals surface area contributed by atoms with Crippen LogP contribution in [-0.4, -0.2) is 23.4 Å². The lowest BCUT2D eigenvalue weighted by Gasteiger charge is -2.34. The van der Waals surface area contributed by atoms with Gasteiger partial charge in [-0.2, -0.15) is 0 Å². The lowest BCUT2D eigenvalue weighted by Crippen LogP contribution is -2.42. The van der Waals surface area contributed by atoms with Crippen molar-refractivity contribution in [3.63, 3.8) is 0 Å². The number of carbonyl (C=O) groups is 1. The number of hydrogen-bond donors (Lipinski definition) is 0. The predicted octanol–water partition coefficient (Wildman–Crippen LogP) is 3.69. The zero-order valence-corrected chi connectivity index (χ0v) is 12.7. The SMILES string of the molecule is CCC1CCCCN1C(=O)/C=C/c1ccc(I)o1. The van der Waals surface area contributed by atoms with E-state index in [1.165, 1.54) is 6.42 Å². The van der Waals surface area contributed by atoms with Crippen molar-refractivity contribution in [3.8, 4) is 0 Å².